The van der Waals surface area contributed by atoms with Crippen LogP contribution in [0, 0.1) is 5.82 Å². The third-order valence-corrected chi connectivity index (χ3v) is 5.86. The van der Waals surface area contributed by atoms with Crippen molar-refractivity contribution in [2.75, 3.05) is 0 Å². The normalized spacial score (nSPS) is 11.5. The molecule has 1 aromatic heterocycles. The van der Waals surface area contributed by atoms with Crippen LogP contribution in [0.15, 0.2) is 59.6 Å². The van der Waals surface area contributed by atoms with Crippen molar-refractivity contribution in [2.45, 2.75) is 57.0 Å². The molecule has 1 amide bonds. The van der Waals surface area contributed by atoms with Gasteiger partial charge >= 0.3 is 0 Å². The summed E-state index contributed by atoms with van der Waals surface area (Å²) in [5.74, 6) is 0.588. The number of carbonyl (C=O) groups excluding carboxylic acids is 1. The van der Waals surface area contributed by atoms with E-state index in [0.717, 1.165) is 21.4 Å². The lowest BCUT2D eigenvalue weighted by molar-refractivity contribution is -0.135. The van der Waals surface area contributed by atoms with Crippen LogP contribution in [0.3, 0.4) is 0 Å². The molecule has 0 aliphatic rings. The summed E-state index contributed by atoms with van der Waals surface area (Å²) in [5.41, 5.74) is 1.99. The van der Waals surface area contributed by atoms with Crippen molar-refractivity contribution in [3.8, 4) is 0 Å². The Morgan fingerprint density at radius 3 is 2.46 bits per heavy atom. The van der Waals surface area contributed by atoms with Crippen molar-refractivity contribution < 1.29 is 9.18 Å². The first-order valence-corrected chi connectivity index (χ1v) is 10.6. The van der Waals surface area contributed by atoms with Gasteiger partial charge in [0.1, 0.15) is 12.4 Å². The second-order valence-electron chi connectivity index (χ2n) is 7.55. The molecule has 148 valence electrons. The minimum absolute atomic E-state index is 0.118. The molecule has 0 aliphatic heterocycles. The Bertz CT molecular complexity index is 956. The van der Waals surface area contributed by atoms with Crippen LogP contribution >= 0.6 is 11.8 Å². The van der Waals surface area contributed by atoms with E-state index in [0.29, 0.717) is 12.3 Å². The molecule has 0 bridgehead atoms. The van der Waals surface area contributed by atoms with Gasteiger partial charge in [0, 0.05) is 39.8 Å². The van der Waals surface area contributed by atoms with Crippen molar-refractivity contribution in [2.24, 2.45) is 0 Å². The standard InChI is InChI=1S/C23H27FN2OS/c1-16(2)26(17(3)4)23(27)14-25-13-22(20-10-5-6-11-21(20)25)28-15-18-8-7-9-19(24)12-18/h5-13,16-17H,14-15H2,1-4H3. The highest BCUT2D eigenvalue weighted by molar-refractivity contribution is 7.98. The number of carbonyl (C=O) groups is 1. The topological polar surface area (TPSA) is 25.2 Å². The maximum atomic E-state index is 13.4. The van der Waals surface area contributed by atoms with Crippen LogP contribution in [0.4, 0.5) is 4.39 Å². The average molecular weight is 399 g/mol. The van der Waals surface area contributed by atoms with E-state index < -0.39 is 0 Å². The fraction of sp³-hybridized carbons (Fsp3) is 0.348. The van der Waals surface area contributed by atoms with Crippen molar-refractivity contribution in [3.63, 3.8) is 0 Å². The van der Waals surface area contributed by atoms with Gasteiger partial charge in [-0.3, -0.25) is 4.79 Å². The zero-order valence-corrected chi connectivity index (χ0v) is 17.7. The third-order valence-electron chi connectivity index (χ3n) is 4.74. The van der Waals surface area contributed by atoms with E-state index >= 15 is 0 Å². The summed E-state index contributed by atoms with van der Waals surface area (Å²) in [6, 6.07) is 15.1. The average Bonchev–Trinajstić information content (AvgIpc) is 2.97. The molecule has 3 nitrogen and oxygen atoms in total. The first kappa shape index (κ1) is 20.5. The smallest absolute Gasteiger partial charge is 0.242 e. The van der Waals surface area contributed by atoms with Gasteiger partial charge < -0.3 is 9.47 Å². The van der Waals surface area contributed by atoms with Gasteiger partial charge in [-0.2, -0.15) is 0 Å². The van der Waals surface area contributed by atoms with Gasteiger partial charge in [-0.1, -0.05) is 30.3 Å². The summed E-state index contributed by atoms with van der Waals surface area (Å²) in [6.45, 7) is 8.51. The van der Waals surface area contributed by atoms with Crippen molar-refractivity contribution in [3.05, 3.63) is 66.1 Å². The number of hydrogen-bond donors (Lipinski definition) is 0. The maximum Gasteiger partial charge on any atom is 0.242 e. The number of nitrogens with zero attached hydrogens (tertiary/aromatic N) is 2. The van der Waals surface area contributed by atoms with Crippen molar-refractivity contribution in [1.82, 2.24) is 9.47 Å². The minimum Gasteiger partial charge on any atom is -0.337 e. The number of aromatic nitrogens is 1. The van der Waals surface area contributed by atoms with Gasteiger partial charge in [-0.25, -0.2) is 4.39 Å². The number of rotatable bonds is 7. The van der Waals surface area contributed by atoms with Gasteiger partial charge in [-0.05, 0) is 51.5 Å². The number of para-hydroxylation sites is 1. The highest BCUT2D eigenvalue weighted by atomic mass is 32.2. The molecule has 0 aliphatic carbocycles. The van der Waals surface area contributed by atoms with Gasteiger partial charge in [-0.15, -0.1) is 11.8 Å². The largest absolute Gasteiger partial charge is 0.337 e. The lowest BCUT2D eigenvalue weighted by atomic mass is 10.2. The fourth-order valence-corrected chi connectivity index (χ4v) is 4.68. The molecule has 0 fully saturated rings. The van der Waals surface area contributed by atoms with Crippen LogP contribution in [0.2, 0.25) is 0 Å². The maximum absolute atomic E-state index is 13.4. The second kappa shape index (κ2) is 8.82. The number of amides is 1. The predicted molar refractivity (Wildman–Crippen MR) is 115 cm³/mol. The van der Waals surface area contributed by atoms with Crippen LogP contribution in [-0.4, -0.2) is 27.5 Å². The Kier molecular flexibility index (Phi) is 6.45. The summed E-state index contributed by atoms with van der Waals surface area (Å²) < 4.78 is 15.5. The number of thioether (sulfide) groups is 1. The molecule has 0 saturated carbocycles. The van der Waals surface area contributed by atoms with Crippen LogP contribution in [0.1, 0.15) is 33.3 Å². The summed E-state index contributed by atoms with van der Waals surface area (Å²) in [7, 11) is 0. The number of halogens is 1. The van der Waals surface area contributed by atoms with E-state index in [4.69, 9.17) is 0 Å². The third kappa shape index (κ3) is 4.58. The Hall–Kier alpha value is -2.27. The number of fused-ring (bicyclic) bond motifs is 1. The molecule has 3 aromatic rings. The summed E-state index contributed by atoms with van der Waals surface area (Å²) in [4.78, 5) is 16.0. The molecule has 0 saturated heterocycles. The van der Waals surface area contributed by atoms with Crippen molar-refractivity contribution >= 4 is 28.6 Å². The van der Waals surface area contributed by atoms with E-state index in [9.17, 15) is 9.18 Å². The fourth-order valence-electron chi connectivity index (χ4n) is 3.65. The molecule has 28 heavy (non-hydrogen) atoms. The summed E-state index contributed by atoms with van der Waals surface area (Å²) >= 11 is 1.67. The molecule has 0 N–H and O–H groups in total. The lowest BCUT2D eigenvalue weighted by Gasteiger charge is -2.31. The SMILES string of the molecule is CC(C)N(C(=O)Cn1cc(SCc2cccc(F)c2)c2ccccc21)C(C)C. The Morgan fingerprint density at radius 1 is 1.07 bits per heavy atom. The van der Waals surface area contributed by atoms with Crippen LogP contribution in [-0.2, 0) is 17.1 Å². The Labute approximate surface area is 170 Å². The zero-order chi connectivity index (χ0) is 20.3. The molecule has 0 unspecified atom stereocenters. The van der Waals surface area contributed by atoms with Crippen LogP contribution in [0.5, 0.6) is 0 Å². The highest BCUT2D eigenvalue weighted by Crippen LogP contribution is 2.32. The Morgan fingerprint density at radius 2 is 1.79 bits per heavy atom. The molecular weight excluding hydrogens is 371 g/mol. The number of benzene rings is 2. The lowest BCUT2D eigenvalue weighted by Crippen LogP contribution is -2.43. The number of hydrogen-bond acceptors (Lipinski definition) is 2. The molecule has 3 rings (SSSR count). The first-order chi connectivity index (χ1) is 13.4. The van der Waals surface area contributed by atoms with E-state index in [-0.39, 0.29) is 23.8 Å². The van der Waals surface area contributed by atoms with E-state index in [1.165, 1.54) is 6.07 Å². The molecule has 0 atom stereocenters. The molecule has 2 aromatic carbocycles. The molecule has 0 spiro atoms. The van der Waals surface area contributed by atoms with Crippen molar-refractivity contribution in [1.29, 1.82) is 0 Å². The van der Waals surface area contributed by atoms with Crippen LogP contribution in [0.25, 0.3) is 10.9 Å². The van der Waals surface area contributed by atoms with E-state index in [1.54, 1.807) is 23.9 Å². The molecule has 5 heteroatoms. The first-order valence-electron chi connectivity index (χ1n) is 9.63. The Balaban J connectivity index is 1.85. The zero-order valence-electron chi connectivity index (χ0n) is 16.9. The van der Waals surface area contributed by atoms with Gasteiger partial charge in [0.15, 0.2) is 0 Å². The highest BCUT2D eigenvalue weighted by Gasteiger charge is 2.21. The summed E-state index contributed by atoms with van der Waals surface area (Å²) in [6.07, 6.45) is 2.05. The predicted octanol–water partition coefficient (Wildman–Crippen LogP) is 5.72. The van der Waals surface area contributed by atoms with Crippen LogP contribution < -0.4 is 0 Å². The van der Waals surface area contributed by atoms with E-state index in [2.05, 4.69) is 6.07 Å². The molecular formula is C23H27FN2OS. The van der Waals surface area contributed by atoms with Gasteiger partial charge in [0.2, 0.25) is 5.91 Å². The molecule has 0 radical (unpaired) electrons. The van der Waals surface area contributed by atoms with E-state index in [1.807, 2.05) is 67.6 Å². The molecule has 1 heterocycles. The quantitative estimate of drug-likeness (QED) is 0.476. The van der Waals surface area contributed by atoms with Gasteiger partial charge in [0.25, 0.3) is 0 Å². The summed E-state index contributed by atoms with van der Waals surface area (Å²) in [5, 5.41) is 1.12. The van der Waals surface area contributed by atoms with Gasteiger partial charge in [0.05, 0.1) is 0 Å². The minimum atomic E-state index is -0.214. The monoisotopic (exact) mass is 398 g/mol. The second-order valence-corrected chi connectivity index (χ2v) is 8.56.